The molecule has 6 heteroatoms. The minimum absolute atomic E-state index is 0.0818. The third-order valence-corrected chi connectivity index (χ3v) is 5.09. The average molecular weight is 384 g/mol. The smallest absolute Gasteiger partial charge is 0.228 e. The summed E-state index contributed by atoms with van der Waals surface area (Å²) in [5, 5.41) is 0. The Labute approximate surface area is 164 Å². The number of carbonyl (C=O) groups excluding carboxylic acids is 2. The van der Waals surface area contributed by atoms with Crippen molar-refractivity contribution in [2.45, 2.75) is 26.8 Å². The van der Waals surface area contributed by atoms with Crippen molar-refractivity contribution < 1.29 is 18.7 Å². The molecular weight excluding hydrogens is 359 g/mol. The second-order valence-electron chi connectivity index (χ2n) is 7.06. The number of benzene rings is 2. The van der Waals surface area contributed by atoms with Gasteiger partial charge in [-0.25, -0.2) is 4.39 Å². The molecule has 0 N–H and O–H groups in total. The zero-order valence-corrected chi connectivity index (χ0v) is 16.4. The van der Waals surface area contributed by atoms with E-state index < -0.39 is 11.7 Å². The van der Waals surface area contributed by atoms with Crippen LogP contribution in [-0.4, -0.2) is 36.9 Å². The lowest BCUT2D eigenvalue weighted by atomic mass is 10.1. The first-order valence-electron chi connectivity index (χ1n) is 9.41. The number of nitrogens with zero attached hydrogens (tertiary/aromatic N) is 2. The lowest BCUT2D eigenvalue weighted by Gasteiger charge is -2.24. The van der Waals surface area contributed by atoms with Crippen LogP contribution in [0.5, 0.6) is 5.75 Å². The maximum atomic E-state index is 14.3. The summed E-state index contributed by atoms with van der Waals surface area (Å²) in [6.45, 7) is 4.91. The van der Waals surface area contributed by atoms with E-state index in [1.807, 2.05) is 31.2 Å². The molecular formula is C22H25FN2O3. The Kier molecular flexibility index (Phi) is 5.97. The Bertz CT molecular complexity index is 867. The first kappa shape index (κ1) is 19.9. The number of hydrogen-bond acceptors (Lipinski definition) is 3. The second-order valence-corrected chi connectivity index (χ2v) is 7.06. The molecule has 1 fully saturated rings. The van der Waals surface area contributed by atoms with Crippen molar-refractivity contribution in [1.29, 1.82) is 0 Å². The largest absolute Gasteiger partial charge is 0.497 e. The lowest BCUT2D eigenvalue weighted by Crippen LogP contribution is -2.37. The normalized spacial score (nSPS) is 16.4. The van der Waals surface area contributed by atoms with E-state index in [1.165, 1.54) is 11.0 Å². The summed E-state index contributed by atoms with van der Waals surface area (Å²) in [4.78, 5) is 28.6. The maximum absolute atomic E-state index is 14.3. The van der Waals surface area contributed by atoms with E-state index in [2.05, 4.69) is 0 Å². The quantitative estimate of drug-likeness (QED) is 0.765. The van der Waals surface area contributed by atoms with E-state index in [1.54, 1.807) is 31.1 Å². The molecule has 0 saturated carbocycles. The maximum Gasteiger partial charge on any atom is 0.228 e. The monoisotopic (exact) mass is 384 g/mol. The van der Waals surface area contributed by atoms with Gasteiger partial charge in [-0.15, -0.1) is 0 Å². The predicted molar refractivity (Wildman–Crippen MR) is 106 cm³/mol. The SMILES string of the molecule is CCN(Cc1ccc(OC)cc1)C(=O)C1CC(=O)N(c2ccc(C)cc2F)C1. The van der Waals surface area contributed by atoms with E-state index in [-0.39, 0.29) is 30.5 Å². The van der Waals surface area contributed by atoms with E-state index in [0.717, 1.165) is 16.9 Å². The molecule has 5 nitrogen and oxygen atoms in total. The van der Waals surface area contributed by atoms with Gasteiger partial charge in [0.2, 0.25) is 11.8 Å². The van der Waals surface area contributed by atoms with Crippen LogP contribution >= 0.6 is 0 Å². The molecule has 0 aromatic heterocycles. The number of ether oxygens (including phenoxy) is 1. The van der Waals surface area contributed by atoms with Crippen LogP contribution in [0.2, 0.25) is 0 Å². The molecule has 1 saturated heterocycles. The standard InChI is InChI=1S/C22H25FN2O3/c1-4-24(13-16-6-8-18(28-3)9-7-16)22(27)17-12-21(26)25(14-17)20-10-5-15(2)11-19(20)23/h5-11,17H,4,12-14H2,1-3H3. The number of anilines is 1. The summed E-state index contributed by atoms with van der Waals surface area (Å²) < 4.78 is 19.4. The molecule has 1 atom stereocenters. The fourth-order valence-electron chi connectivity index (χ4n) is 3.49. The average Bonchev–Trinajstić information content (AvgIpc) is 3.07. The molecule has 2 aromatic rings. The molecule has 0 aliphatic carbocycles. The third kappa shape index (κ3) is 4.16. The number of amides is 2. The minimum atomic E-state index is -0.466. The Morgan fingerprint density at radius 2 is 1.96 bits per heavy atom. The van der Waals surface area contributed by atoms with Crippen molar-refractivity contribution in [2.24, 2.45) is 5.92 Å². The van der Waals surface area contributed by atoms with Gasteiger partial charge >= 0.3 is 0 Å². The fraction of sp³-hybridized carbons (Fsp3) is 0.364. The van der Waals surface area contributed by atoms with Crippen molar-refractivity contribution >= 4 is 17.5 Å². The van der Waals surface area contributed by atoms with Crippen molar-refractivity contribution in [1.82, 2.24) is 4.90 Å². The molecule has 1 aliphatic rings. The van der Waals surface area contributed by atoms with Gasteiger partial charge in [0.1, 0.15) is 11.6 Å². The topological polar surface area (TPSA) is 49.9 Å². The van der Waals surface area contributed by atoms with Crippen molar-refractivity contribution in [2.75, 3.05) is 25.1 Å². The molecule has 3 rings (SSSR count). The van der Waals surface area contributed by atoms with Crippen LogP contribution in [0.1, 0.15) is 24.5 Å². The first-order valence-corrected chi connectivity index (χ1v) is 9.41. The Hall–Kier alpha value is -2.89. The van der Waals surface area contributed by atoms with Crippen LogP contribution in [-0.2, 0) is 16.1 Å². The van der Waals surface area contributed by atoms with Crippen LogP contribution in [0.25, 0.3) is 0 Å². The third-order valence-electron chi connectivity index (χ3n) is 5.09. The summed E-state index contributed by atoms with van der Waals surface area (Å²) in [6.07, 6.45) is 0.102. The highest BCUT2D eigenvalue weighted by Crippen LogP contribution is 2.29. The number of rotatable bonds is 6. The molecule has 148 valence electrons. The zero-order chi connectivity index (χ0) is 20.3. The molecule has 0 bridgehead atoms. The fourth-order valence-corrected chi connectivity index (χ4v) is 3.49. The molecule has 1 heterocycles. The molecule has 28 heavy (non-hydrogen) atoms. The zero-order valence-electron chi connectivity index (χ0n) is 16.4. The van der Waals surface area contributed by atoms with Crippen molar-refractivity contribution in [3.63, 3.8) is 0 Å². The summed E-state index contributed by atoms with van der Waals surface area (Å²) in [7, 11) is 1.61. The van der Waals surface area contributed by atoms with Gasteiger partial charge in [0.25, 0.3) is 0 Å². The molecule has 1 unspecified atom stereocenters. The first-order chi connectivity index (χ1) is 13.4. The number of carbonyl (C=O) groups is 2. The Morgan fingerprint density at radius 1 is 1.25 bits per heavy atom. The summed E-state index contributed by atoms with van der Waals surface area (Å²) in [5.41, 5.74) is 2.02. The Morgan fingerprint density at radius 3 is 2.57 bits per heavy atom. The number of hydrogen-bond donors (Lipinski definition) is 0. The molecule has 0 radical (unpaired) electrons. The van der Waals surface area contributed by atoms with E-state index in [9.17, 15) is 14.0 Å². The highest BCUT2D eigenvalue weighted by molar-refractivity contribution is 6.00. The van der Waals surface area contributed by atoms with Gasteiger partial charge in [-0.1, -0.05) is 18.2 Å². The number of methoxy groups -OCH3 is 1. The van der Waals surface area contributed by atoms with Crippen LogP contribution in [0.3, 0.4) is 0 Å². The second kappa shape index (κ2) is 8.42. The van der Waals surface area contributed by atoms with Gasteiger partial charge in [-0.2, -0.15) is 0 Å². The van der Waals surface area contributed by atoms with Gasteiger partial charge in [0, 0.05) is 26.1 Å². The van der Waals surface area contributed by atoms with Crippen LogP contribution in [0, 0.1) is 18.7 Å². The Balaban J connectivity index is 1.71. The molecule has 1 aliphatic heterocycles. The van der Waals surface area contributed by atoms with Crippen molar-refractivity contribution in [3.05, 3.63) is 59.4 Å². The highest BCUT2D eigenvalue weighted by atomic mass is 19.1. The van der Waals surface area contributed by atoms with Gasteiger partial charge in [0.15, 0.2) is 0 Å². The van der Waals surface area contributed by atoms with Crippen molar-refractivity contribution in [3.8, 4) is 5.75 Å². The van der Waals surface area contributed by atoms with E-state index >= 15 is 0 Å². The van der Waals surface area contributed by atoms with Gasteiger partial charge in [-0.3, -0.25) is 9.59 Å². The number of halogens is 1. The summed E-state index contributed by atoms with van der Waals surface area (Å²) >= 11 is 0. The van der Waals surface area contributed by atoms with Crippen LogP contribution in [0.4, 0.5) is 10.1 Å². The minimum Gasteiger partial charge on any atom is -0.497 e. The van der Waals surface area contributed by atoms with E-state index in [4.69, 9.17) is 4.74 Å². The highest BCUT2D eigenvalue weighted by Gasteiger charge is 2.37. The molecule has 0 spiro atoms. The summed E-state index contributed by atoms with van der Waals surface area (Å²) in [5.74, 6) is -0.447. The number of aryl methyl sites for hydroxylation is 1. The van der Waals surface area contributed by atoms with Gasteiger partial charge in [0.05, 0.1) is 18.7 Å². The summed E-state index contributed by atoms with van der Waals surface area (Å²) in [6, 6.07) is 12.3. The van der Waals surface area contributed by atoms with Crippen LogP contribution in [0.15, 0.2) is 42.5 Å². The van der Waals surface area contributed by atoms with Gasteiger partial charge < -0.3 is 14.5 Å². The van der Waals surface area contributed by atoms with E-state index in [0.29, 0.717) is 13.1 Å². The molecule has 2 amide bonds. The lowest BCUT2D eigenvalue weighted by molar-refractivity contribution is -0.136. The molecule has 2 aromatic carbocycles. The van der Waals surface area contributed by atoms with Gasteiger partial charge in [-0.05, 0) is 49.2 Å². The van der Waals surface area contributed by atoms with Crippen LogP contribution < -0.4 is 9.64 Å². The predicted octanol–water partition coefficient (Wildman–Crippen LogP) is 3.54.